The van der Waals surface area contributed by atoms with Gasteiger partial charge in [0.05, 0.1) is 0 Å². The number of benzene rings is 1. The van der Waals surface area contributed by atoms with Gasteiger partial charge in [-0.05, 0) is 13.8 Å². The van der Waals surface area contributed by atoms with Crippen molar-refractivity contribution in [3.8, 4) is 0 Å². The second-order valence-electron chi connectivity index (χ2n) is 3.09. The van der Waals surface area contributed by atoms with Crippen LogP contribution in [0.4, 0.5) is 0 Å². The first-order chi connectivity index (χ1) is 7.83. The lowest BCUT2D eigenvalue weighted by atomic mass is 10.1. The molecular weight excluding hydrogens is 206 g/mol. The minimum atomic E-state index is -0.623. The fourth-order valence-corrected chi connectivity index (χ4v) is 1.36. The molecule has 0 saturated carbocycles. The molecule has 1 aromatic carbocycles. The second-order valence-corrected chi connectivity index (χ2v) is 3.09. The normalized spacial score (nSPS) is 12.1. The van der Waals surface area contributed by atoms with E-state index in [-0.39, 0.29) is 0 Å². The van der Waals surface area contributed by atoms with Crippen molar-refractivity contribution in [3.05, 3.63) is 35.9 Å². The highest BCUT2D eigenvalue weighted by Crippen LogP contribution is 2.09. The van der Waals surface area contributed by atoms with E-state index in [1.807, 2.05) is 44.2 Å². The van der Waals surface area contributed by atoms with E-state index in [1.54, 1.807) is 0 Å². The molecule has 1 rings (SSSR count). The molecule has 0 aliphatic heterocycles. The summed E-state index contributed by atoms with van der Waals surface area (Å²) in [6, 6.07) is 9.33. The maximum absolute atomic E-state index is 9.03. The molecule has 4 nitrogen and oxygen atoms in total. The van der Waals surface area contributed by atoms with Crippen LogP contribution in [-0.4, -0.2) is 30.4 Å². The van der Waals surface area contributed by atoms with Crippen molar-refractivity contribution in [2.24, 2.45) is 5.16 Å². The molecule has 0 spiro atoms. The average Bonchev–Trinajstić information content (AvgIpc) is 2.32. The Balaban J connectivity index is 2.87. The maximum atomic E-state index is 9.03. The van der Waals surface area contributed by atoms with Gasteiger partial charge in [0.15, 0.2) is 0 Å². The van der Waals surface area contributed by atoms with Crippen molar-refractivity contribution in [1.29, 1.82) is 0 Å². The van der Waals surface area contributed by atoms with Crippen LogP contribution >= 0.6 is 0 Å². The van der Waals surface area contributed by atoms with Crippen LogP contribution < -0.4 is 0 Å². The van der Waals surface area contributed by atoms with Gasteiger partial charge in [-0.3, -0.25) is 0 Å². The van der Waals surface area contributed by atoms with E-state index in [2.05, 4.69) is 5.16 Å². The monoisotopic (exact) mass is 223 g/mol. The maximum Gasteiger partial charge on any atom is 0.205 e. The SMILES string of the molecule is CCOC(OCC)C(=NO)c1ccccc1. The van der Waals surface area contributed by atoms with E-state index in [0.29, 0.717) is 18.9 Å². The Hall–Kier alpha value is -1.39. The molecule has 1 N–H and O–H groups in total. The number of oxime groups is 1. The molecule has 0 unspecified atom stereocenters. The number of hydrogen-bond donors (Lipinski definition) is 1. The first-order valence-corrected chi connectivity index (χ1v) is 5.34. The van der Waals surface area contributed by atoms with Gasteiger partial charge in [0.25, 0.3) is 0 Å². The summed E-state index contributed by atoms with van der Waals surface area (Å²) in [5.74, 6) is 0. The summed E-state index contributed by atoms with van der Waals surface area (Å²) in [5.41, 5.74) is 1.18. The minimum absolute atomic E-state index is 0.393. The lowest BCUT2D eigenvalue weighted by Crippen LogP contribution is -2.28. The van der Waals surface area contributed by atoms with E-state index in [9.17, 15) is 0 Å². The van der Waals surface area contributed by atoms with Crippen molar-refractivity contribution >= 4 is 5.71 Å². The predicted octanol–water partition coefficient (Wildman–Crippen LogP) is 2.26. The summed E-state index contributed by atoms with van der Waals surface area (Å²) in [6.45, 7) is 4.73. The van der Waals surface area contributed by atoms with E-state index in [4.69, 9.17) is 14.7 Å². The minimum Gasteiger partial charge on any atom is -0.410 e. The molecule has 0 aliphatic rings. The van der Waals surface area contributed by atoms with Crippen LogP contribution in [0.25, 0.3) is 0 Å². The molecule has 1 aromatic rings. The van der Waals surface area contributed by atoms with Gasteiger partial charge in [-0.2, -0.15) is 0 Å². The van der Waals surface area contributed by atoms with Crippen LogP contribution in [-0.2, 0) is 9.47 Å². The smallest absolute Gasteiger partial charge is 0.205 e. The molecule has 0 radical (unpaired) electrons. The molecule has 4 heteroatoms. The molecule has 0 aromatic heterocycles. The highest BCUT2D eigenvalue weighted by atomic mass is 16.7. The Bertz CT molecular complexity index is 318. The largest absolute Gasteiger partial charge is 0.410 e. The summed E-state index contributed by atoms with van der Waals surface area (Å²) in [7, 11) is 0. The van der Waals surface area contributed by atoms with Gasteiger partial charge in [-0.25, -0.2) is 0 Å². The van der Waals surface area contributed by atoms with Crippen LogP contribution in [0.5, 0.6) is 0 Å². The Kier molecular flexibility index (Phi) is 5.53. The lowest BCUT2D eigenvalue weighted by Gasteiger charge is -2.17. The number of nitrogens with zero attached hydrogens (tertiary/aromatic N) is 1. The Labute approximate surface area is 95.5 Å². The standard InChI is InChI=1S/C12H17NO3/c1-3-15-12(16-4-2)11(13-14)10-8-6-5-7-9-10/h5-9,12,14H,3-4H2,1-2H3. The zero-order chi connectivity index (χ0) is 11.8. The van der Waals surface area contributed by atoms with E-state index in [1.165, 1.54) is 0 Å². The van der Waals surface area contributed by atoms with Gasteiger partial charge in [-0.1, -0.05) is 35.5 Å². The number of hydrogen-bond acceptors (Lipinski definition) is 4. The summed E-state index contributed by atoms with van der Waals surface area (Å²) in [4.78, 5) is 0. The first-order valence-electron chi connectivity index (χ1n) is 5.34. The van der Waals surface area contributed by atoms with E-state index in [0.717, 1.165) is 5.56 Å². The Morgan fingerprint density at radius 2 is 1.75 bits per heavy atom. The molecule has 0 saturated heterocycles. The molecular formula is C12H17NO3. The molecule has 0 aliphatic carbocycles. The average molecular weight is 223 g/mol. The Morgan fingerprint density at radius 1 is 1.19 bits per heavy atom. The topological polar surface area (TPSA) is 51.0 Å². The Morgan fingerprint density at radius 3 is 2.19 bits per heavy atom. The van der Waals surface area contributed by atoms with Gasteiger partial charge in [0.2, 0.25) is 6.29 Å². The third-order valence-electron chi connectivity index (χ3n) is 2.04. The number of rotatable bonds is 6. The number of ether oxygens (including phenoxy) is 2. The predicted molar refractivity (Wildman–Crippen MR) is 61.8 cm³/mol. The van der Waals surface area contributed by atoms with Crippen molar-refractivity contribution in [1.82, 2.24) is 0 Å². The van der Waals surface area contributed by atoms with Crippen molar-refractivity contribution in [2.75, 3.05) is 13.2 Å². The fraction of sp³-hybridized carbons (Fsp3) is 0.417. The summed E-state index contributed by atoms with van der Waals surface area (Å²) >= 11 is 0. The summed E-state index contributed by atoms with van der Waals surface area (Å²) in [6.07, 6.45) is -0.623. The highest BCUT2D eigenvalue weighted by molar-refractivity contribution is 6.02. The van der Waals surface area contributed by atoms with Gasteiger partial charge in [0.1, 0.15) is 5.71 Å². The third kappa shape index (κ3) is 3.32. The van der Waals surface area contributed by atoms with Crippen LogP contribution in [0, 0.1) is 0 Å². The van der Waals surface area contributed by atoms with Gasteiger partial charge in [-0.15, -0.1) is 0 Å². The van der Waals surface area contributed by atoms with Crippen LogP contribution in [0.2, 0.25) is 0 Å². The molecule has 0 bridgehead atoms. The van der Waals surface area contributed by atoms with Gasteiger partial charge >= 0.3 is 0 Å². The van der Waals surface area contributed by atoms with Gasteiger partial charge in [0, 0.05) is 18.8 Å². The summed E-state index contributed by atoms with van der Waals surface area (Å²) in [5, 5.41) is 12.3. The quantitative estimate of drug-likeness (QED) is 0.348. The second kappa shape index (κ2) is 6.98. The van der Waals surface area contributed by atoms with Crippen molar-refractivity contribution in [3.63, 3.8) is 0 Å². The third-order valence-corrected chi connectivity index (χ3v) is 2.04. The molecule has 0 atom stereocenters. The van der Waals surface area contributed by atoms with Crippen LogP contribution in [0.3, 0.4) is 0 Å². The van der Waals surface area contributed by atoms with Crippen molar-refractivity contribution in [2.45, 2.75) is 20.1 Å². The fourth-order valence-electron chi connectivity index (χ4n) is 1.36. The molecule has 88 valence electrons. The van der Waals surface area contributed by atoms with Crippen LogP contribution in [0.1, 0.15) is 19.4 Å². The van der Waals surface area contributed by atoms with Gasteiger partial charge < -0.3 is 14.7 Å². The first kappa shape index (κ1) is 12.7. The lowest BCUT2D eigenvalue weighted by molar-refractivity contribution is -0.0907. The molecule has 0 heterocycles. The molecule has 16 heavy (non-hydrogen) atoms. The van der Waals surface area contributed by atoms with E-state index >= 15 is 0 Å². The highest BCUT2D eigenvalue weighted by Gasteiger charge is 2.18. The zero-order valence-corrected chi connectivity index (χ0v) is 9.59. The zero-order valence-electron chi connectivity index (χ0n) is 9.59. The van der Waals surface area contributed by atoms with Crippen molar-refractivity contribution < 1.29 is 14.7 Å². The molecule has 0 amide bonds. The molecule has 0 fully saturated rings. The van der Waals surface area contributed by atoms with Crippen LogP contribution in [0.15, 0.2) is 35.5 Å². The summed E-state index contributed by atoms with van der Waals surface area (Å²) < 4.78 is 10.8. The van der Waals surface area contributed by atoms with E-state index < -0.39 is 6.29 Å².